The number of hydrazone groups is 1. The van der Waals surface area contributed by atoms with Crippen LogP contribution in [0.5, 0.6) is 11.5 Å². The fraction of sp³-hybridized carbons (Fsp3) is 0.400. The Kier molecular flexibility index (Phi) is 6.79. The summed E-state index contributed by atoms with van der Waals surface area (Å²) in [6, 6.07) is 3.22. The van der Waals surface area contributed by atoms with Crippen LogP contribution in [0, 0.1) is 3.57 Å². The van der Waals surface area contributed by atoms with Crippen molar-refractivity contribution in [2.45, 2.75) is 18.9 Å². The Bertz CT molecular complexity index is 644. The van der Waals surface area contributed by atoms with Gasteiger partial charge in [-0.25, -0.2) is 5.43 Å². The lowest BCUT2D eigenvalue weighted by Crippen LogP contribution is -2.41. The number of nitrogens with one attached hydrogen (secondary N) is 2. The summed E-state index contributed by atoms with van der Waals surface area (Å²) in [7, 11) is 1.44. The molecule has 1 heterocycles. The van der Waals surface area contributed by atoms with Crippen LogP contribution in [0.25, 0.3) is 0 Å². The molecule has 1 saturated heterocycles. The van der Waals surface area contributed by atoms with Gasteiger partial charge in [0, 0.05) is 13.2 Å². The average Bonchev–Trinajstić information content (AvgIpc) is 3.09. The first-order valence-corrected chi connectivity index (χ1v) is 8.38. The summed E-state index contributed by atoms with van der Waals surface area (Å²) in [5, 5.41) is 16.0. The number of methoxy groups -OCH3 is 1. The number of carbonyl (C=O) groups is 2. The molecule has 9 heteroatoms. The van der Waals surface area contributed by atoms with Crippen LogP contribution in [-0.4, -0.2) is 49.5 Å². The van der Waals surface area contributed by atoms with Crippen molar-refractivity contribution in [3.05, 3.63) is 21.3 Å². The topological polar surface area (TPSA) is 109 Å². The Morgan fingerprint density at radius 3 is 2.96 bits per heavy atom. The molecule has 0 saturated carbocycles. The van der Waals surface area contributed by atoms with E-state index in [0.717, 1.165) is 12.8 Å². The normalized spacial score (nSPS) is 17.0. The Morgan fingerprint density at radius 1 is 1.50 bits per heavy atom. The zero-order valence-electron chi connectivity index (χ0n) is 13.0. The maximum Gasteiger partial charge on any atom is 0.329 e. The van der Waals surface area contributed by atoms with Crippen LogP contribution in [0.1, 0.15) is 18.4 Å². The Labute approximate surface area is 152 Å². The Hall–Kier alpha value is -1.88. The molecule has 1 aliphatic rings. The van der Waals surface area contributed by atoms with Gasteiger partial charge in [0.1, 0.15) is 0 Å². The molecule has 1 aromatic rings. The highest BCUT2D eigenvalue weighted by molar-refractivity contribution is 14.1. The van der Waals surface area contributed by atoms with Crippen LogP contribution in [0.2, 0.25) is 0 Å². The average molecular weight is 447 g/mol. The second-order valence-electron chi connectivity index (χ2n) is 5.10. The van der Waals surface area contributed by atoms with Crippen LogP contribution >= 0.6 is 22.6 Å². The number of hydrogen-bond donors (Lipinski definition) is 3. The van der Waals surface area contributed by atoms with Gasteiger partial charge in [-0.15, -0.1) is 0 Å². The number of halogens is 1. The van der Waals surface area contributed by atoms with Gasteiger partial charge in [0.2, 0.25) is 0 Å². The van der Waals surface area contributed by atoms with Crippen molar-refractivity contribution >= 4 is 40.6 Å². The standard InChI is InChI=1S/C15H18IN3O5/c1-23-12-6-9(5-11(16)13(12)20)7-18-19-15(22)14(21)17-8-10-3-2-4-24-10/h5-7,10,20H,2-4,8H2,1H3,(H,17,21)(H,19,22)/b18-7+/t10-/m0/s1. The molecule has 24 heavy (non-hydrogen) atoms. The van der Waals surface area contributed by atoms with E-state index in [1.54, 1.807) is 12.1 Å². The van der Waals surface area contributed by atoms with Gasteiger partial charge in [0.25, 0.3) is 0 Å². The number of rotatable bonds is 5. The molecule has 0 aliphatic carbocycles. The highest BCUT2D eigenvalue weighted by atomic mass is 127. The summed E-state index contributed by atoms with van der Waals surface area (Å²) in [6.45, 7) is 0.995. The molecule has 0 bridgehead atoms. The Balaban J connectivity index is 1.85. The maximum absolute atomic E-state index is 11.6. The number of nitrogens with zero attached hydrogens (tertiary/aromatic N) is 1. The molecule has 3 N–H and O–H groups in total. The molecule has 2 rings (SSSR count). The van der Waals surface area contributed by atoms with Crippen LogP contribution in [0.3, 0.4) is 0 Å². The van der Waals surface area contributed by atoms with Crippen molar-refractivity contribution in [3.63, 3.8) is 0 Å². The lowest BCUT2D eigenvalue weighted by atomic mass is 10.2. The molecule has 1 aliphatic heterocycles. The minimum absolute atomic E-state index is 0.0308. The quantitative estimate of drug-likeness (QED) is 0.267. The van der Waals surface area contributed by atoms with E-state index in [1.807, 2.05) is 22.6 Å². The second kappa shape index (κ2) is 8.83. The summed E-state index contributed by atoms with van der Waals surface area (Å²) in [4.78, 5) is 23.3. The number of aromatic hydroxyl groups is 1. The van der Waals surface area contributed by atoms with E-state index < -0.39 is 11.8 Å². The van der Waals surface area contributed by atoms with Crippen LogP contribution in [0.15, 0.2) is 17.2 Å². The van der Waals surface area contributed by atoms with E-state index in [2.05, 4.69) is 15.8 Å². The molecule has 0 aromatic heterocycles. The van der Waals surface area contributed by atoms with Gasteiger partial charge in [-0.2, -0.15) is 5.10 Å². The number of amides is 2. The zero-order chi connectivity index (χ0) is 17.5. The summed E-state index contributed by atoms with van der Waals surface area (Å²) in [5.41, 5.74) is 2.76. The second-order valence-corrected chi connectivity index (χ2v) is 6.26. The van der Waals surface area contributed by atoms with Crippen molar-refractivity contribution in [1.82, 2.24) is 10.7 Å². The monoisotopic (exact) mass is 447 g/mol. The molecule has 130 valence electrons. The molecule has 2 amide bonds. The van der Waals surface area contributed by atoms with Crippen molar-refractivity contribution < 1.29 is 24.2 Å². The number of phenols is 1. The lowest BCUT2D eigenvalue weighted by molar-refractivity contribution is -0.139. The fourth-order valence-corrected chi connectivity index (χ4v) is 2.76. The van der Waals surface area contributed by atoms with Gasteiger partial charge in [-0.05, 0) is 53.1 Å². The molecular weight excluding hydrogens is 429 g/mol. The van der Waals surface area contributed by atoms with E-state index in [1.165, 1.54) is 13.3 Å². The third-order valence-corrected chi connectivity index (χ3v) is 4.19. The third kappa shape index (κ3) is 5.06. The minimum atomic E-state index is -0.857. The summed E-state index contributed by atoms with van der Waals surface area (Å²) in [5.74, 6) is -1.29. The van der Waals surface area contributed by atoms with E-state index in [9.17, 15) is 14.7 Å². The number of ether oxygens (including phenoxy) is 2. The van der Waals surface area contributed by atoms with Crippen molar-refractivity contribution in [2.75, 3.05) is 20.3 Å². The number of hydrogen-bond acceptors (Lipinski definition) is 6. The fourth-order valence-electron chi connectivity index (χ4n) is 2.13. The summed E-state index contributed by atoms with van der Waals surface area (Å²) >= 11 is 1.95. The molecule has 1 atom stereocenters. The van der Waals surface area contributed by atoms with E-state index in [4.69, 9.17) is 9.47 Å². The van der Waals surface area contributed by atoms with Gasteiger partial charge in [-0.3, -0.25) is 9.59 Å². The van der Waals surface area contributed by atoms with E-state index in [0.29, 0.717) is 28.0 Å². The van der Waals surface area contributed by atoms with Crippen LogP contribution in [-0.2, 0) is 14.3 Å². The SMILES string of the molecule is COc1cc(/C=N/NC(=O)C(=O)NC[C@@H]2CCCO2)cc(I)c1O. The van der Waals surface area contributed by atoms with Crippen molar-refractivity contribution in [3.8, 4) is 11.5 Å². The first-order valence-electron chi connectivity index (χ1n) is 7.30. The predicted octanol–water partition coefficient (Wildman–Crippen LogP) is 0.751. The van der Waals surface area contributed by atoms with Crippen LogP contribution in [0.4, 0.5) is 0 Å². The van der Waals surface area contributed by atoms with Crippen LogP contribution < -0.4 is 15.5 Å². The summed E-state index contributed by atoms with van der Waals surface area (Å²) < 4.78 is 11.0. The molecule has 0 spiro atoms. The van der Waals surface area contributed by atoms with Gasteiger partial charge < -0.3 is 19.9 Å². The van der Waals surface area contributed by atoms with E-state index >= 15 is 0 Å². The Morgan fingerprint density at radius 2 is 2.29 bits per heavy atom. The van der Waals surface area contributed by atoms with Gasteiger partial charge in [-0.1, -0.05) is 0 Å². The molecule has 1 aromatic carbocycles. The largest absolute Gasteiger partial charge is 0.504 e. The summed E-state index contributed by atoms with van der Waals surface area (Å²) in [6.07, 6.45) is 3.17. The lowest BCUT2D eigenvalue weighted by Gasteiger charge is -2.09. The molecular formula is C15H18IN3O5. The molecule has 0 radical (unpaired) electrons. The zero-order valence-corrected chi connectivity index (χ0v) is 15.2. The molecule has 0 unspecified atom stereocenters. The van der Waals surface area contributed by atoms with E-state index in [-0.39, 0.29) is 11.9 Å². The highest BCUT2D eigenvalue weighted by Gasteiger charge is 2.19. The maximum atomic E-state index is 11.6. The number of benzene rings is 1. The predicted molar refractivity (Wildman–Crippen MR) is 95.1 cm³/mol. The smallest absolute Gasteiger partial charge is 0.329 e. The highest BCUT2D eigenvalue weighted by Crippen LogP contribution is 2.31. The first kappa shape index (κ1) is 18.5. The third-order valence-electron chi connectivity index (χ3n) is 3.37. The van der Waals surface area contributed by atoms with Crippen molar-refractivity contribution in [1.29, 1.82) is 0 Å². The van der Waals surface area contributed by atoms with Gasteiger partial charge in [0.05, 0.1) is 23.0 Å². The number of phenolic OH excluding ortho intramolecular Hbond substituents is 1. The first-order chi connectivity index (χ1) is 11.5. The van der Waals surface area contributed by atoms with Gasteiger partial charge in [0.15, 0.2) is 11.5 Å². The van der Waals surface area contributed by atoms with Gasteiger partial charge >= 0.3 is 11.8 Å². The minimum Gasteiger partial charge on any atom is -0.504 e. The number of carbonyl (C=O) groups excluding carboxylic acids is 2. The van der Waals surface area contributed by atoms with Crippen molar-refractivity contribution in [2.24, 2.45) is 5.10 Å². The molecule has 8 nitrogen and oxygen atoms in total. The molecule has 1 fully saturated rings.